The summed E-state index contributed by atoms with van der Waals surface area (Å²) in [6, 6.07) is 6.40. The van der Waals surface area contributed by atoms with Crippen LogP contribution in [0.2, 0.25) is 0 Å². The molecule has 1 aromatic rings. The lowest BCUT2D eigenvalue weighted by Crippen LogP contribution is -2.43. The first-order chi connectivity index (χ1) is 10.1. The fourth-order valence-corrected chi connectivity index (χ4v) is 4.03. The Morgan fingerprint density at radius 1 is 1.24 bits per heavy atom. The summed E-state index contributed by atoms with van der Waals surface area (Å²) in [6.07, 6.45) is 8.00. The molecule has 0 saturated heterocycles. The molecule has 0 heterocycles. The molecule has 2 aliphatic rings. The first kappa shape index (κ1) is 14.4. The Balaban J connectivity index is 1.91. The first-order valence-electron chi connectivity index (χ1n) is 8.01. The summed E-state index contributed by atoms with van der Waals surface area (Å²) in [7, 11) is 0. The van der Waals surface area contributed by atoms with Gasteiger partial charge < -0.3 is 10.8 Å². The van der Waals surface area contributed by atoms with Crippen LogP contribution in [-0.2, 0) is 11.2 Å². The number of hydrogen-bond donors (Lipinski definition) is 2. The molecule has 4 heteroatoms. The van der Waals surface area contributed by atoms with E-state index in [9.17, 15) is 9.90 Å². The minimum Gasteiger partial charge on any atom is -0.508 e. The van der Waals surface area contributed by atoms with Gasteiger partial charge in [-0.15, -0.1) is 0 Å². The number of amides is 1. The number of primary amides is 1. The quantitative estimate of drug-likeness (QED) is 0.894. The summed E-state index contributed by atoms with van der Waals surface area (Å²) < 4.78 is 0. The van der Waals surface area contributed by atoms with Crippen LogP contribution in [-0.4, -0.2) is 28.5 Å². The molecule has 21 heavy (non-hydrogen) atoms. The number of phenolic OH excluding ortho intramolecular Hbond substituents is 1. The summed E-state index contributed by atoms with van der Waals surface area (Å²) in [5, 5.41) is 9.68. The number of aryl methyl sites for hydroxylation is 1. The molecule has 3 N–H and O–H groups in total. The summed E-state index contributed by atoms with van der Waals surface area (Å²) in [5.41, 5.74) is 7.98. The van der Waals surface area contributed by atoms with Crippen molar-refractivity contribution in [3.63, 3.8) is 0 Å². The van der Waals surface area contributed by atoms with Crippen molar-refractivity contribution in [3.8, 4) is 5.75 Å². The van der Waals surface area contributed by atoms with Crippen molar-refractivity contribution in [2.24, 2.45) is 5.73 Å². The largest absolute Gasteiger partial charge is 0.508 e. The van der Waals surface area contributed by atoms with Gasteiger partial charge in [-0.3, -0.25) is 9.69 Å². The average molecular weight is 288 g/mol. The summed E-state index contributed by atoms with van der Waals surface area (Å²) in [6.45, 7) is 0.343. The highest BCUT2D eigenvalue weighted by atomic mass is 16.3. The van der Waals surface area contributed by atoms with Crippen LogP contribution in [0.25, 0.3) is 0 Å². The molecule has 0 aromatic heterocycles. The van der Waals surface area contributed by atoms with E-state index >= 15 is 0 Å². The second kappa shape index (κ2) is 6.06. The molecule has 0 bridgehead atoms. The zero-order valence-electron chi connectivity index (χ0n) is 12.4. The maximum atomic E-state index is 11.5. The van der Waals surface area contributed by atoms with Gasteiger partial charge in [0.15, 0.2) is 0 Å². The number of nitrogens with zero attached hydrogens (tertiary/aromatic N) is 1. The highest BCUT2D eigenvalue weighted by Crippen LogP contribution is 2.39. The number of carbonyl (C=O) groups is 1. The van der Waals surface area contributed by atoms with Gasteiger partial charge in [0.1, 0.15) is 5.75 Å². The van der Waals surface area contributed by atoms with Crippen molar-refractivity contribution in [3.05, 3.63) is 29.3 Å². The van der Waals surface area contributed by atoms with E-state index in [4.69, 9.17) is 5.73 Å². The molecule has 1 unspecified atom stereocenters. The minimum atomic E-state index is -0.243. The maximum absolute atomic E-state index is 11.5. The topological polar surface area (TPSA) is 66.6 Å². The molecule has 0 aliphatic heterocycles. The lowest BCUT2D eigenvalue weighted by Gasteiger charge is -2.39. The SMILES string of the molecule is NC(=O)CN(C1CCCC1)C1CCCc2cc(O)ccc21. The molecule has 4 nitrogen and oxygen atoms in total. The second-order valence-electron chi connectivity index (χ2n) is 6.37. The molecule has 2 aliphatic carbocycles. The number of rotatable bonds is 4. The van der Waals surface area contributed by atoms with Gasteiger partial charge in [-0.05, 0) is 55.4 Å². The number of phenols is 1. The number of benzene rings is 1. The number of nitrogens with two attached hydrogens (primary N) is 1. The smallest absolute Gasteiger partial charge is 0.231 e. The van der Waals surface area contributed by atoms with Crippen molar-refractivity contribution in [1.82, 2.24) is 4.90 Å². The molecule has 3 rings (SSSR count). The molecular formula is C17H24N2O2. The van der Waals surface area contributed by atoms with E-state index in [1.54, 1.807) is 6.07 Å². The molecule has 1 amide bonds. The van der Waals surface area contributed by atoms with E-state index in [1.165, 1.54) is 24.0 Å². The summed E-state index contributed by atoms with van der Waals surface area (Å²) >= 11 is 0. The molecule has 1 aromatic carbocycles. The summed E-state index contributed by atoms with van der Waals surface area (Å²) in [5.74, 6) is 0.0875. The lowest BCUT2D eigenvalue weighted by atomic mass is 9.85. The van der Waals surface area contributed by atoms with E-state index < -0.39 is 0 Å². The van der Waals surface area contributed by atoms with E-state index in [0.29, 0.717) is 18.3 Å². The highest BCUT2D eigenvalue weighted by Gasteiger charge is 2.33. The van der Waals surface area contributed by atoms with Crippen LogP contribution < -0.4 is 5.73 Å². The van der Waals surface area contributed by atoms with Gasteiger partial charge in [-0.2, -0.15) is 0 Å². The molecule has 0 spiro atoms. The van der Waals surface area contributed by atoms with Crippen LogP contribution in [0.3, 0.4) is 0 Å². The second-order valence-corrected chi connectivity index (χ2v) is 6.37. The Morgan fingerprint density at radius 3 is 2.71 bits per heavy atom. The molecule has 114 valence electrons. The monoisotopic (exact) mass is 288 g/mol. The summed E-state index contributed by atoms with van der Waals surface area (Å²) in [4.78, 5) is 13.8. The molecule has 0 radical (unpaired) electrons. The third-order valence-corrected chi connectivity index (χ3v) is 4.94. The van der Waals surface area contributed by atoms with Crippen molar-refractivity contribution in [1.29, 1.82) is 0 Å². The first-order valence-corrected chi connectivity index (χ1v) is 8.01. The van der Waals surface area contributed by atoms with Gasteiger partial charge in [-0.25, -0.2) is 0 Å². The third kappa shape index (κ3) is 3.05. The van der Waals surface area contributed by atoms with Crippen molar-refractivity contribution >= 4 is 5.91 Å². The van der Waals surface area contributed by atoms with Gasteiger partial charge in [-0.1, -0.05) is 18.9 Å². The van der Waals surface area contributed by atoms with Crippen LogP contribution in [0.1, 0.15) is 55.7 Å². The van der Waals surface area contributed by atoms with Gasteiger partial charge in [0.05, 0.1) is 6.54 Å². The highest BCUT2D eigenvalue weighted by molar-refractivity contribution is 5.76. The van der Waals surface area contributed by atoms with Gasteiger partial charge in [0.2, 0.25) is 5.91 Å². The zero-order valence-corrected chi connectivity index (χ0v) is 12.4. The Bertz CT molecular complexity index is 524. The number of carbonyl (C=O) groups excluding carboxylic acids is 1. The minimum absolute atomic E-state index is 0.243. The van der Waals surface area contributed by atoms with Crippen molar-refractivity contribution in [2.75, 3.05) is 6.54 Å². The van der Waals surface area contributed by atoms with E-state index in [1.807, 2.05) is 12.1 Å². The van der Waals surface area contributed by atoms with Crippen LogP contribution in [0.15, 0.2) is 18.2 Å². The number of hydrogen-bond acceptors (Lipinski definition) is 3. The van der Waals surface area contributed by atoms with Crippen LogP contribution in [0.4, 0.5) is 0 Å². The predicted octanol–water partition coefficient (Wildman–Crippen LogP) is 2.50. The number of fused-ring (bicyclic) bond motifs is 1. The maximum Gasteiger partial charge on any atom is 0.231 e. The standard InChI is InChI=1S/C17H24N2O2/c18-17(21)11-19(13-5-1-2-6-13)16-7-3-4-12-10-14(20)8-9-15(12)16/h8-10,13,16,20H,1-7,11H2,(H2,18,21). The van der Waals surface area contributed by atoms with Gasteiger partial charge in [0, 0.05) is 12.1 Å². The van der Waals surface area contributed by atoms with Crippen LogP contribution in [0, 0.1) is 0 Å². The Morgan fingerprint density at radius 2 is 2.00 bits per heavy atom. The molecule has 1 fully saturated rings. The third-order valence-electron chi connectivity index (χ3n) is 4.94. The molecular weight excluding hydrogens is 264 g/mol. The van der Waals surface area contributed by atoms with Crippen LogP contribution >= 0.6 is 0 Å². The molecule has 1 saturated carbocycles. The fraction of sp³-hybridized carbons (Fsp3) is 0.588. The zero-order chi connectivity index (χ0) is 14.8. The average Bonchev–Trinajstić information content (AvgIpc) is 2.97. The van der Waals surface area contributed by atoms with Gasteiger partial charge >= 0.3 is 0 Å². The van der Waals surface area contributed by atoms with E-state index in [2.05, 4.69) is 4.90 Å². The normalized spacial score (nSPS) is 22.4. The van der Waals surface area contributed by atoms with Crippen molar-refractivity contribution < 1.29 is 9.90 Å². The fourth-order valence-electron chi connectivity index (χ4n) is 4.03. The Kier molecular flexibility index (Phi) is 4.15. The van der Waals surface area contributed by atoms with E-state index in [0.717, 1.165) is 32.1 Å². The Hall–Kier alpha value is -1.55. The van der Waals surface area contributed by atoms with Crippen LogP contribution in [0.5, 0.6) is 5.75 Å². The Labute approximate surface area is 125 Å². The molecule has 1 atom stereocenters. The van der Waals surface area contributed by atoms with Crippen molar-refractivity contribution in [2.45, 2.75) is 57.0 Å². The van der Waals surface area contributed by atoms with E-state index in [-0.39, 0.29) is 11.9 Å². The van der Waals surface area contributed by atoms with Gasteiger partial charge in [0.25, 0.3) is 0 Å². The number of aromatic hydroxyl groups is 1. The predicted molar refractivity (Wildman–Crippen MR) is 81.9 cm³/mol. The lowest BCUT2D eigenvalue weighted by molar-refractivity contribution is -0.120.